The lowest BCUT2D eigenvalue weighted by Gasteiger charge is -2.23. The van der Waals surface area contributed by atoms with Crippen molar-refractivity contribution in [2.45, 2.75) is 52.2 Å². The standard InChI is InChI=1S/C26H27F3N4O3/c1-3-15-7-17(21(29)11-20(15)28)8-19(30)10-24(34)32-12-16-5-6-18(27)9-22(16)33-14-31-25(23(33)13-32)26(35)36-4-2/h5-7,9,11,14,19H,3-4,8,10,12-13,30H2,1-2H3/t19-/m1/s1. The van der Waals surface area contributed by atoms with Gasteiger partial charge in [-0.1, -0.05) is 13.0 Å². The van der Waals surface area contributed by atoms with E-state index in [1.807, 2.05) is 0 Å². The summed E-state index contributed by atoms with van der Waals surface area (Å²) in [6.45, 7) is 3.74. The summed E-state index contributed by atoms with van der Waals surface area (Å²) in [6.07, 6.45) is 1.74. The summed E-state index contributed by atoms with van der Waals surface area (Å²) in [7, 11) is 0. The highest BCUT2D eigenvalue weighted by atomic mass is 19.1. The smallest absolute Gasteiger partial charge is 0.358 e. The summed E-state index contributed by atoms with van der Waals surface area (Å²) in [4.78, 5) is 31.4. The van der Waals surface area contributed by atoms with Gasteiger partial charge >= 0.3 is 5.97 Å². The molecule has 2 N–H and O–H groups in total. The number of carbonyl (C=O) groups excluding carboxylic acids is 2. The first kappa shape index (κ1) is 25.4. The van der Waals surface area contributed by atoms with Crippen LogP contribution in [-0.2, 0) is 35.5 Å². The monoisotopic (exact) mass is 500 g/mol. The lowest BCUT2D eigenvalue weighted by Crippen LogP contribution is -2.36. The first-order valence-corrected chi connectivity index (χ1v) is 11.7. The Balaban J connectivity index is 1.59. The molecule has 0 bridgehead atoms. The van der Waals surface area contributed by atoms with Gasteiger partial charge in [0.05, 0.1) is 24.5 Å². The molecule has 4 rings (SSSR count). The summed E-state index contributed by atoms with van der Waals surface area (Å²) in [5, 5.41) is 0. The number of ether oxygens (including phenoxy) is 1. The molecule has 0 radical (unpaired) electrons. The van der Waals surface area contributed by atoms with Gasteiger partial charge in [0.2, 0.25) is 5.91 Å². The number of hydrogen-bond donors (Lipinski definition) is 1. The number of nitrogens with zero attached hydrogens (tertiary/aromatic N) is 3. The maximum absolute atomic E-state index is 14.3. The maximum atomic E-state index is 14.3. The van der Waals surface area contributed by atoms with Crippen molar-refractivity contribution in [3.05, 3.63) is 82.2 Å². The van der Waals surface area contributed by atoms with Gasteiger partial charge in [-0.25, -0.2) is 22.9 Å². The van der Waals surface area contributed by atoms with Crippen LogP contribution in [0.3, 0.4) is 0 Å². The zero-order valence-electron chi connectivity index (χ0n) is 20.1. The molecule has 2 aromatic carbocycles. The Labute approximate surface area is 206 Å². The number of fused-ring (bicyclic) bond motifs is 3. The van der Waals surface area contributed by atoms with E-state index in [4.69, 9.17) is 10.5 Å². The van der Waals surface area contributed by atoms with Crippen molar-refractivity contribution in [1.82, 2.24) is 14.5 Å². The fourth-order valence-corrected chi connectivity index (χ4v) is 4.40. The van der Waals surface area contributed by atoms with E-state index >= 15 is 0 Å². The SMILES string of the molecule is CCOC(=O)c1ncn2c1CN(C(=O)C[C@H](N)Cc1cc(CC)c(F)cc1F)Cc1ccc(F)cc1-2. The van der Waals surface area contributed by atoms with Crippen molar-refractivity contribution >= 4 is 11.9 Å². The van der Waals surface area contributed by atoms with Crippen molar-refractivity contribution in [3.63, 3.8) is 0 Å². The predicted molar refractivity (Wildman–Crippen MR) is 126 cm³/mol. The van der Waals surface area contributed by atoms with Crippen LogP contribution in [-0.4, -0.2) is 39.0 Å². The fraction of sp³-hybridized carbons (Fsp3) is 0.346. The van der Waals surface area contributed by atoms with E-state index in [-0.39, 0.29) is 49.7 Å². The van der Waals surface area contributed by atoms with Crippen LogP contribution < -0.4 is 5.73 Å². The molecule has 1 atom stereocenters. The second-order valence-corrected chi connectivity index (χ2v) is 8.71. The zero-order chi connectivity index (χ0) is 26.0. The lowest BCUT2D eigenvalue weighted by atomic mass is 9.99. The third kappa shape index (κ3) is 5.13. The Morgan fingerprint density at radius 1 is 1.08 bits per heavy atom. The van der Waals surface area contributed by atoms with Gasteiger partial charge in [-0.2, -0.15) is 0 Å². The molecule has 0 fully saturated rings. The maximum Gasteiger partial charge on any atom is 0.358 e. The number of benzene rings is 2. The minimum Gasteiger partial charge on any atom is -0.461 e. The normalized spacial score (nSPS) is 13.6. The molecule has 0 unspecified atom stereocenters. The van der Waals surface area contributed by atoms with E-state index in [0.29, 0.717) is 28.9 Å². The summed E-state index contributed by atoms with van der Waals surface area (Å²) in [5.41, 5.74) is 8.37. The van der Waals surface area contributed by atoms with Crippen molar-refractivity contribution in [3.8, 4) is 5.69 Å². The van der Waals surface area contributed by atoms with Crippen LogP contribution in [0.4, 0.5) is 13.2 Å². The second kappa shape index (κ2) is 10.5. The summed E-state index contributed by atoms with van der Waals surface area (Å²) in [5.74, 6) is -2.77. The average Bonchev–Trinajstić information content (AvgIpc) is 3.17. The van der Waals surface area contributed by atoms with Gasteiger partial charge in [0.1, 0.15) is 23.8 Å². The number of aromatic nitrogens is 2. The Bertz CT molecular complexity index is 1310. The third-order valence-electron chi connectivity index (χ3n) is 6.21. The lowest BCUT2D eigenvalue weighted by molar-refractivity contribution is -0.132. The predicted octanol–water partition coefficient (Wildman–Crippen LogP) is 3.83. The molecule has 36 heavy (non-hydrogen) atoms. The van der Waals surface area contributed by atoms with Gasteiger partial charge in [-0.3, -0.25) is 4.79 Å². The number of aryl methyl sites for hydroxylation is 1. The molecule has 0 saturated heterocycles. The molecule has 1 aliphatic heterocycles. The molecule has 0 saturated carbocycles. The van der Waals surface area contributed by atoms with Crippen LogP contribution in [0, 0.1) is 17.5 Å². The van der Waals surface area contributed by atoms with Crippen LogP contribution in [0.2, 0.25) is 0 Å². The zero-order valence-corrected chi connectivity index (χ0v) is 20.1. The number of halogens is 3. The Morgan fingerprint density at radius 2 is 1.83 bits per heavy atom. The van der Waals surface area contributed by atoms with Gasteiger partial charge < -0.3 is 19.9 Å². The first-order chi connectivity index (χ1) is 17.2. The molecule has 7 nitrogen and oxygen atoms in total. The van der Waals surface area contributed by atoms with Crippen LogP contribution in [0.25, 0.3) is 5.69 Å². The summed E-state index contributed by atoms with van der Waals surface area (Å²) >= 11 is 0. The molecule has 3 aromatic rings. The molecular weight excluding hydrogens is 473 g/mol. The third-order valence-corrected chi connectivity index (χ3v) is 6.21. The van der Waals surface area contributed by atoms with E-state index in [1.54, 1.807) is 24.5 Å². The largest absolute Gasteiger partial charge is 0.461 e. The molecule has 0 spiro atoms. The highest BCUT2D eigenvalue weighted by molar-refractivity contribution is 5.89. The van der Waals surface area contributed by atoms with Gasteiger partial charge in [0, 0.05) is 25.1 Å². The van der Waals surface area contributed by atoms with E-state index < -0.39 is 29.5 Å². The number of rotatable bonds is 7. The van der Waals surface area contributed by atoms with Gasteiger partial charge in [0.25, 0.3) is 0 Å². The van der Waals surface area contributed by atoms with Gasteiger partial charge in [0.15, 0.2) is 5.69 Å². The highest BCUT2D eigenvalue weighted by Gasteiger charge is 2.29. The average molecular weight is 501 g/mol. The first-order valence-electron chi connectivity index (χ1n) is 11.7. The number of imidazole rings is 1. The van der Waals surface area contributed by atoms with Crippen LogP contribution in [0.1, 0.15) is 53.1 Å². The summed E-state index contributed by atoms with van der Waals surface area (Å²) in [6, 6.07) is 5.74. The van der Waals surface area contributed by atoms with Crippen LogP contribution in [0.15, 0.2) is 36.7 Å². The van der Waals surface area contributed by atoms with Crippen LogP contribution >= 0.6 is 0 Å². The van der Waals surface area contributed by atoms with Crippen molar-refractivity contribution in [2.75, 3.05) is 6.61 Å². The summed E-state index contributed by atoms with van der Waals surface area (Å²) < 4.78 is 48.9. The van der Waals surface area contributed by atoms with E-state index in [1.165, 1.54) is 29.4 Å². The molecule has 190 valence electrons. The fourth-order valence-electron chi connectivity index (χ4n) is 4.40. The Morgan fingerprint density at radius 3 is 2.56 bits per heavy atom. The van der Waals surface area contributed by atoms with Crippen molar-refractivity contribution in [2.24, 2.45) is 5.73 Å². The number of amides is 1. The van der Waals surface area contributed by atoms with Crippen LogP contribution in [0.5, 0.6) is 0 Å². The van der Waals surface area contributed by atoms with E-state index in [0.717, 1.165) is 6.07 Å². The molecule has 0 aliphatic carbocycles. The molecular formula is C26H27F3N4O3. The number of hydrogen-bond acceptors (Lipinski definition) is 5. The van der Waals surface area contributed by atoms with Gasteiger partial charge in [-0.15, -0.1) is 0 Å². The van der Waals surface area contributed by atoms with Crippen molar-refractivity contribution in [1.29, 1.82) is 0 Å². The second-order valence-electron chi connectivity index (χ2n) is 8.71. The minimum atomic E-state index is -0.729. The number of nitrogens with two attached hydrogens (primary N) is 1. The molecule has 1 amide bonds. The Kier molecular flexibility index (Phi) is 7.44. The van der Waals surface area contributed by atoms with E-state index in [2.05, 4.69) is 4.98 Å². The Hall–Kier alpha value is -3.66. The molecule has 10 heteroatoms. The topological polar surface area (TPSA) is 90.5 Å². The number of esters is 1. The quantitative estimate of drug-likeness (QED) is 0.498. The molecule has 1 aromatic heterocycles. The number of carbonyl (C=O) groups is 2. The van der Waals surface area contributed by atoms with Gasteiger partial charge in [-0.05, 0) is 54.7 Å². The highest BCUT2D eigenvalue weighted by Crippen LogP contribution is 2.28. The van der Waals surface area contributed by atoms with E-state index in [9.17, 15) is 22.8 Å². The minimum absolute atomic E-state index is 0.0148. The molecule has 2 heterocycles. The van der Waals surface area contributed by atoms with Crippen molar-refractivity contribution < 1.29 is 27.5 Å². The molecule has 1 aliphatic rings.